The van der Waals surface area contributed by atoms with Crippen LogP contribution in [0.3, 0.4) is 0 Å². The van der Waals surface area contributed by atoms with E-state index in [1.807, 2.05) is 34.6 Å². The SMILES string of the molecule is CO[C@H]1CN(C)C(=O)[C@@H]2C[C@@H](CN2c2nc(N3C4CC3CN(c3ncco3)C4)nc3c2cnn3-c2ccc(F)cc2F)Nc2cccc(n2)-c2cc(F)cc3nc(C)n(c23)C1. The van der Waals surface area contributed by atoms with E-state index in [1.165, 1.54) is 28.9 Å². The average Bonchev–Trinajstić information content (AvgIpc) is 4.07. The number of carbonyl (C=O) groups excluding carboxylic acids is 1. The number of fused-ring (bicyclic) bond motifs is 8. The van der Waals surface area contributed by atoms with Crippen molar-refractivity contribution >= 4 is 51.6 Å². The van der Waals surface area contributed by atoms with Gasteiger partial charge in [0.15, 0.2) is 11.5 Å². The first-order valence-corrected chi connectivity index (χ1v) is 20.2. The molecule has 2 aromatic carbocycles. The predicted octanol–water partition coefficient (Wildman–Crippen LogP) is 4.95. The van der Waals surface area contributed by atoms with Gasteiger partial charge in [-0.25, -0.2) is 32.8 Å². The van der Waals surface area contributed by atoms with Crippen molar-refractivity contribution in [2.45, 2.75) is 56.6 Å². The number of methoxy groups -OCH3 is 1. The number of halogens is 3. The van der Waals surface area contributed by atoms with Gasteiger partial charge in [-0.1, -0.05) is 6.07 Å². The number of pyridine rings is 1. The summed E-state index contributed by atoms with van der Waals surface area (Å²) in [7, 11) is 3.36. The average molecular weight is 832 g/mol. The molecule has 1 amide bonds. The number of nitrogens with one attached hydrogen (secondary N) is 1. The molecule has 2 unspecified atom stereocenters. The summed E-state index contributed by atoms with van der Waals surface area (Å²) in [6.07, 6.45) is 5.55. The fourth-order valence-corrected chi connectivity index (χ4v) is 9.62. The van der Waals surface area contributed by atoms with Crippen LogP contribution < -0.4 is 20.0 Å². The molecule has 5 atom stereocenters. The first-order chi connectivity index (χ1) is 29.6. The van der Waals surface area contributed by atoms with E-state index in [0.717, 1.165) is 18.0 Å². The lowest BCUT2D eigenvalue weighted by atomic mass is 9.88. The molecule has 5 aromatic heterocycles. The molecule has 6 bridgehead atoms. The number of amides is 1. The second-order valence-electron chi connectivity index (χ2n) is 16.2. The number of benzene rings is 2. The Morgan fingerprint density at radius 2 is 1.77 bits per heavy atom. The second kappa shape index (κ2) is 14.2. The molecule has 4 fully saturated rings. The standard InChI is InChI=1S/C42H40F3N13O3/c1-22-48-33-13-24(44)11-29-32-5-4-6-36(50-32)49-25-14-35(40(59)53(2)20-28(60-3)21-55(22)37(29)33)56(17-25)38-30-16-47-58(34-8-7-23(43)12-31(34)45)39(30)52-41(51-38)57-26-15-27(57)19-54(18-26)42-46-9-10-61-42/h4-13,16,25-28,35H,14-15,17-21H2,1-3H3,(H,49,50)/t25-,26?,27?,28-,35-/m0/s1. The van der Waals surface area contributed by atoms with Gasteiger partial charge in [-0.3, -0.25) is 4.79 Å². The molecule has 5 aliphatic heterocycles. The molecule has 61 heavy (non-hydrogen) atoms. The molecule has 7 aromatic rings. The van der Waals surface area contributed by atoms with Gasteiger partial charge in [0, 0.05) is 64.1 Å². The summed E-state index contributed by atoms with van der Waals surface area (Å²) in [5.41, 5.74) is 2.69. The number of nitrogens with zero attached hydrogens (tertiary/aromatic N) is 12. The Kier molecular flexibility index (Phi) is 8.66. The van der Waals surface area contributed by atoms with Crippen molar-refractivity contribution in [3.8, 4) is 16.9 Å². The highest BCUT2D eigenvalue weighted by Crippen LogP contribution is 2.41. The lowest BCUT2D eigenvalue weighted by Crippen LogP contribution is -2.69. The number of piperidine rings is 1. The molecule has 4 saturated heterocycles. The van der Waals surface area contributed by atoms with Crippen LogP contribution in [0.4, 0.5) is 36.8 Å². The van der Waals surface area contributed by atoms with Crippen LogP contribution >= 0.6 is 0 Å². The first kappa shape index (κ1) is 37.3. The maximum atomic E-state index is 15.5. The quantitative estimate of drug-likeness (QED) is 0.249. The topological polar surface area (TPSA) is 152 Å². The Morgan fingerprint density at radius 3 is 2.56 bits per heavy atom. The summed E-state index contributed by atoms with van der Waals surface area (Å²) < 4.78 is 59.7. The van der Waals surface area contributed by atoms with Crippen molar-refractivity contribution in [1.29, 1.82) is 0 Å². The highest BCUT2D eigenvalue weighted by atomic mass is 19.1. The van der Waals surface area contributed by atoms with Gasteiger partial charge in [0.2, 0.25) is 11.9 Å². The molecule has 0 spiro atoms. The fourth-order valence-electron chi connectivity index (χ4n) is 9.62. The number of piperazine rings is 1. The van der Waals surface area contributed by atoms with E-state index in [2.05, 4.69) is 25.2 Å². The van der Waals surface area contributed by atoms with Crippen molar-refractivity contribution in [3.05, 3.63) is 90.5 Å². The molecule has 10 heterocycles. The summed E-state index contributed by atoms with van der Waals surface area (Å²) in [5.74, 6) is -0.0410. The Morgan fingerprint density at radius 1 is 0.918 bits per heavy atom. The van der Waals surface area contributed by atoms with E-state index in [-0.39, 0.29) is 36.3 Å². The molecule has 5 aliphatic rings. The first-order valence-electron chi connectivity index (χ1n) is 20.2. The molecule has 12 rings (SSSR count). The van der Waals surface area contributed by atoms with E-state index in [1.54, 1.807) is 37.7 Å². The summed E-state index contributed by atoms with van der Waals surface area (Å²) in [4.78, 5) is 47.0. The number of anilines is 4. The van der Waals surface area contributed by atoms with E-state index >= 15 is 8.78 Å². The van der Waals surface area contributed by atoms with Gasteiger partial charge in [0.1, 0.15) is 47.1 Å². The van der Waals surface area contributed by atoms with Gasteiger partial charge in [-0.2, -0.15) is 15.1 Å². The number of carbonyl (C=O) groups is 1. The van der Waals surface area contributed by atoms with Gasteiger partial charge >= 0.3 is 0 Å². The largest absolute Gasteiger partial charge is 0.432 e. The maximum absolute atomic E-state index is 15.5. The molecule has 1 N–H and O–H groups in total. The summed E-state index contributed by atoms with van der Waals surface area (Å²) in [6.45, 7) is 4.01. The molecule has 16 nitrogen and oxygen atoms in total. The van der Waals surface area contributed by atoms with Gasteiger partial charge in [-0.05, 0) is 50.1 Å². The number of hydrogen-bond donors (Lipinski definition) is 1. The van der Waals surface area contributed by atoms with Crippen LogP contribution in [0.2, 0.25) is 0 Å². The molecular weight excluding hydrogens is 792 g/mol. The van der Waals surface area contributed by atoms with Gasteiger partial charge in [-0.15, -0.1) is 0 Å². The van der Waals surface area contributed by atoms with Crippen LogP contribution in [0.15, 0.2) is 71.6 Å². The third kappa shape index (κ3) is 6.19. The van der Waals surface area contributed by atoms with Crippen molar-refractivity contribution in [1.82, 2.24) is 44.2 Å². The number of rotatable bonds is 5. The summed E-state index contributed by atoms with van der Waals surface area (Å²) in [5, 5.41) is 8.64. The predicted molar refractivity (Wildman–Crippen MR) is 219 cm³/mol. The lowest BCUT2D eigenvalue weighted by Gasteiger charge is -2.55. The number of likely N-dealkylation sites (N-methyl/N-ethyl adjacent to an activating group) is 1. The number of imidazole rings is 1. The normalized spacial score (nSPS) is 22.7. The second-order valence-corrected chi connectivity index (χ2v) is 16.2. The molecule has 0 saturated carbocycles. The van der Waals surface area contributed by atoms with E-state index in [0.29, 0.717) is 89.8 Å². The van der Waals surface area contributed by atoms with Crippen molar-refractivity contribution < 1.29 is 27.1 Å². The number of oxazole rings is 1. The molecule has 312 valence electrons. The third-order valence-corrected chi connectivity index (χ3v) is 12.5. The monoisotopic (exact) mass is 831 g/mol. The van der Waals surface area contributed by atoms with Crippen LogP contribution in [0.5, 0.6) is 0 Å². The maximum Gasteiger partial charge on any atom is 0.297 e. The van der Waals surface area contributed by atoms with Crippen molar-refractivity contribution in [2.24, 2.45) is 0 Å². The highest BCUT2D eigenvalue weighted by molar-refractivity contribution is 5.94. The Labute approximate surface area is 346 Å². The van der Waals surface area contributed by atoms with E-state index in [9.17, 15) is 9.18 Å². The van der Waals surface area contributed by atoms with Crippen molar-refractivity contribution in [2.75, 3.05) is 60.4 Å². The molecule has 0 radical (unpaired) electrons. The van der Waals surface area contributed by atoms with E-state index < -0.39 is 29.6 Å². The van der Waals surface area contributed by atoms with Crippen LogP contribution in [0.25, 0.3) is 39.0 Å². The third-order valence-electron chi connectivity index (χ3n) is 12.5. The zero-order chi connectivity index (χ0) is 41.7. The zero-order valence-electron chi connectivity index (χ0n) is 33.4. The minimum absolute atomic E-state index is 0.0176. The van der Waals surface area contributed by atoms with Crippen LogP contribution in [-0.4, -0.2) is 121 Å². The molecule has 19 heteroatoms. The highest BCUT2D eigenvalue weighted by Gasteiger charge is 2.48. The van der Waals surface area contributed by atoms with E-state index in [4.69, 9.17) is 29.1 Å². The smallest absolute Gasteiger partial charge is 0.297 e. The number of aryl methyl sites for hydroxylation is 1. The number of hydrogen-bond acceptors (Lipinski definition) is 13. The number of aromatic nitrogens is 8. The fraction of sp³-hybridized carbons (Fsp3) is 0.357. The summed E-state index contributed by atoms with van der Waals surface area (Å²) in [6, 6.07) is 11.3. The Hall–Kier alpha value is -6.76. The van der Waals surface area contributed by atoms with Crippen LogP contribution in [0.1, 0.15) is 18.7 Å². The van der Waals surface area contributed by atoms with Crippen LogP contribution in [-0.2, 0) is 16.1 Å². The van der Waals surface area contributed by atoms with Crippen molar-refractivity contribution in [3.63, 3.8) is 0 Å². The van der Waals surface area contributed by atoms with Gasteiger partial charge in [0.25, 0.3) is 6.01 Å². The molecule has 0 aliphatic carbocycles. The lowest BCUT2D eigenvalue weighted by molar-refractivity contribution is -0.132. The minimum Gasteiger partial charge on any atom is -0.432 e. The van der Waals surface area contributed by atoms with Crippen LogP contribution in [0, 0.1) is 24.4 Å². The zero-order valence-corrected chi connectivity index (χ0v) is 33.4. The Bertz CT molecular complexity index is 2840. The Balaban J connectivity index is 1.02. The summed E-state index contributed by atoms with van der Waals surface area (Å²) >= 11 is 0. The van der Waals surface area contributed by atoms with Gasteiger partial charge < -0.3 is 38.6 Å². The number of ether oxygens (including phenoxy) is 1. The van der Waals surface area contributed by atoms with Gasteiger partial charge in [0.05, 0.1) is 59.2 Å². The molecular formula is C42H40F3N13O3. The minimum atomic E-state index is -0.804.